The first kappa shape index (κ1) is 16.8. The van der Waals surface area contributed by atoms with Crippen LogP contribution in [0.5, 0.6) is 11.5 Å². The number of aliphatic hydroxyl groups is 2. The van der Waals surface area contributed by atoms with Crippen LogP contribution in [0.25, 0.3) is 0 Å². The van der Waals surface area contributed by atoms with Crippen LogP contribution in [0, 0.1) is 0 Å². The van der Waals surface area contributed by atoms with Crippen LogP contribution < -0.4 is 9.47 Å². The number of hydrogen-bond donors (Lipinski definition) is 2. The van der Waals surface area contributed by atoms with Gasteiger partial charge in [-0.1, -0.05) is 19.9 Å². The van der Waals surface area contributed by atoms with Crippen molar-refractivity contribution in [3.63, 3.8) is 0 Å². The van der Waals surface area contributed by atoms with Gasteiger partial charge in [-0.2, -0.15) is 0 Å². The van der Waals surface area contributed by atoms with E-state index in [1.807, 2.05) is 39.0 Å². The standard InChI is InChI=1S/C16H26O4/c1-5-13(17)14(18)9-11(3)12-7-8-15(20-6-2)16(10-12)19-4/h7-8,10-11,13-14,17-18H,5-6,9H2,1-4H3. The molecule has 0 aromatic heterocycles. The van der Waals surface area contributed by atoms with Gasteiger partial charge in [-0.05, 0) is 43.4 Å². The van der Waals surface area contributed by atoms with E-state index in [1.54, 1.807) is 7.11 Å². The van der Waals surface area contributed by atoms with Crippen LogP contribution >= 0.6 is 0 Å². The van der Waals surface area contributed by atoms with Gasteiger partial charge in [-0.15, -0.1) is 0 Å². The zero-order valence-corrected chi connectivity index (χ0v) is 12.8. The summed E-state index contributed by atoms with van der Waals surface area (Å²) < 4.78 is 10.8. The van der Waals surface area contributed by atoms with Gasteiger partial charge in [-0.3, -0.25) is 0 Å². The average Bonchev–Trinajstić information content (AvgIpc) is 2.46. The predicted octanol–water partition coefficient (Wildman–Crippen LogP) is 2.72. The first-order chi connectivity index (χ1) is 9.53. The van der Waals surface area contributed by atoms with Crippen molar-refractivity contribution in [2.75, 3.05) is 13.7 Å². The van der Waals surface area contributed by atoms with Crippen molar-refractivity contribution in [3.05, 3.63) is 23.8 Å². The highest BCUT2D eigenvalue weighted by molar-refractivity contribution is 5.43. The molecule has 3 unspecified atom stereocenters. The minimum absolute atomic E-state index is 0.135. The molecule has 0 radical (unpaired) electrons. The molecular formula is C16H26O4. The Morgan fingerprint density at radius 2 is 1.80 bits per heavy atom. The molecule has 0 bridgehead atoms. The molecule has 0 amide bonds. The molecule has 0 aliphatic carbocycles. The van der Waals surface area contributed by atoms with E-state index in [0.717, 1.165) is 11.3 Å². The van der Waals surface area contributed by atoms with Crippen LogP contribution in [0.1, 0.15) is 45.1 Å². The molecule has 0 saturated heterocycles. The number of hydrogen-bond acceptors (Lipinski definition) is 4. The lowest BCUT2D eigenvalue weighted by molar-refractivity contribution is 0.00952. The summed E-state index contributed by atoms with van der Waals surface area (Å²) in [6.07, 6.45) is -0.290. The van der Waals surface area contributed by atoms with E-state index in [1.165, 1.54) is 0 Å². The maximum absolute atomic E-state index is 9.91. The van der Waals surface area contributed by atoms with Gasteiger partial charge < -0.3 is 19.7 Å². The summed E-state index contributed by atoms with van der Waals surface area (Å²) in [6, 6.07) is 5.79. The van der Waals surface area contributed by atoms with Crippen molar-refractivity contribution < 1.29 is 19.7 Å². The van der Waals surface area contributed by atoms with Crippen LogP contribution in [0.4, 0.5) is 0 Å². The summed E-state index contributed by atoms with van der Waals surface area (Å²) in [6.45, 7) is 6.41. The largest absolute Gasteiger partial charge is 0.493 e. The molecule has 4 nitrogen and oxygen atoms in total. The van der Waals surface area contributed by atoms with Crippen LogP contribution in [0.15, 0.2) is 18.2 Å². The van der Waals surface area contributed by atoms with Crippen molar-refractivity contribution in [1.29, 1.82) is 0 Å². The summed E-state index contributed by atoms with van der Waals surface area (Å²) in [5.74, 6) is 1.55. The van der Waals surface area contributed by atoms with Gasteiger partial charge in [0.25, 0.3) is 0 Å². The van der Waals surface area contributed by atoms with Crippen molar-refractivity contribution in [1.82, 2.24) is 0 Å². The molecule has 0 heterocycles. The Morgan fingerprint density at radius 3 is 2.35 bits per heavy atom. The van der Waals surface area contributed by atoms with Crippen molar-refractivity contribution in [3.8, 4) is 11.5 Å². The average molecular weight is 282 g/mol. The molecule has 2 N–H and O–H groups in total. The Balaban J connectivity index is 2.80. The lowest BCUT2D eigenvalue weighted by atomic mass is 9.92. The minimum atomic E-state index is -0.701. The minimum Gasteiger partial charge on any atom is -0.493 e. The molecule has 1 aromatic carbocycles. The lowest BCUT2D eigenvalue weighted by Crippen LogP contribution is -2.26. The third kappa shape index (κ3) is 4.39. The molecule has 0 fully saturated rings. The first-order valence-corrected chi connectivity index (χ1v) is 7.20. The van der Waals surface area contributed by atoms with E-state index in [4.69, 9.17) is 9.47 Å². The fraction of sp³-hybridized carbons (Fsp3) is 0.625. The van der Waals surface area contributed by atoms with Gasteiger partial charge in [0.2, 0.25) is 0 Å². The Kier molecular flexibility index (Phi) is 6.82. The van der Waals surface area contributed by atoms with E-state index in [-0.39, 0.29) is 5.92 Å². The third-order valence-corrected chi connectivity index (χ3v) is 3.51. The molecule has 0 aliphatic heterocycles. The van der Waals surface area contributed by atoms with Gasteiger partial charge in [0, 0.05) is 0 Å². The molecule has 3 atom stereocenters. The van der Waals surface area contributed by atoms with Crippen LogP contribution in [-0.2, 0) is 0 Å². The summed E-state index contributed by atoms with van der Waals surface area (Å²) in [7, 11) is 1.61. The highest BCUT2D eigenvalue weighted by Gasteiger charge is 2.19. The number of methoxy groups -OCH3 is 1. The molecule has 0 spiro atoms. The molecule has 1 aromatic rings. The summed E-state index contributed by atoms with van der Waals surface area (Å²) in [5, 5.41) is 19.6. The summed E-state index contributed by atoms with van der Waals surface area (Å²) in [4.78, 5) is 0. The lowest BCUT2D eigenvalue weighted by Gasteiger charge is -2.21. The van der Waals surface area contributed by atoms with E-state index in [0.29, 0.717) is 25.2 Å². The van der Waals surface area contributed by atoms with Gasteiger partial charge in [0.15, 0.2) is 11.5 Å². The molecule has 0 aliphatic rings. The van der Waals surface area contributed by atoms with E-state index in [9.17, 15) is 10.2 Å². The molecule has 114 valence electrons. The smallest absolute Gasteiger partial charge is 0.161 e. The van der Waals surface area contributed by atoms with E-state index < -0.39 is 12.2 Å². The number of benzene rings is 1. The SMILES string of the molecule is CCOc1ccc(C(C)CC(O)C(O)CC)cc1OC. The predicted molar refractivity (Wildman–Crippen MR) is 79.5 cm³/mol. The van der Waals surface area contributed by atoms with Crippen molar-refractivity contribution >= 4 is 0 Å². The highest BCUT2D eigenvalue weighted by Crippen LogP contribution is 2.32. The fourth-order valence-corrected chi connectivity index (χ4v) is 2.19. The zero-order valence-electron chi connectivity index (χ0n) is 12.8. The number of aliphatic hydroxyl groups excluding tert-OH is 2. The van der Waals surface area contributed by atoms with Crippen LogP contribution in [-0.4, -0.2) is 36.1 Å². The molecule has 1 rings (SSSR count). The Bertz CT molecular complexity index is 405. The van der Waals surface area contributed by atoms with E-state index >= 15 is 0 Å². The molecule has 20 heavy (non-hydrogen) atoms. The van der Waals surface area contributed by atoms with Gasteiger partial charge in [-0.25, -0.2) is 0 Å². The second kappa shape index (κ2) is 8.12. The van der Waals surface area contributed by atoms with Crippen molar-refractivity contribution in [2.45, 2.75) is 51.7 Å². The fourth-order valence-electron chi connectivity index (χ4n) is 2.19. The van der Waals surface area contributed by atoms with Gasteiger partial charge >= 0.3 is 0 Å². The molecular weight excluding hydrogens is 256 g/mol. The monoisotopic (exact) mass is 282 g/mol. The Morgan fingerprint density at radius 1 is 1.10 bits per heavy atom. The summed E-state index contributed by atoms with van der Waals surface area (Å²) in [5.41, 5.74) is 1.06. The maximum atomic E-state index is 9.91. The zero-order chi connectivity index (χ0) is 15.1. The number of rotatable bonds is 8. The third-order valence-electron chi connectivity index (χ3n) is 3.51. The van der Waals surface area contributed by atoms with E-state index in [2.05, 4.69) is 0 Å². The maximum Gasteiger partial charge on any atom is 0.161 e. The Labute approximate surface area is 121 Å². The normalized spacial score (nSPS) is 15.5. The van der Waals surface area contributed by atoms with Crippen LogP contribution in [0.2, 0.25) is 0 Å². The summed E-state index contributed by atoms with van der Waals surface area (Å²) >= 11 is 0. The van der Waals surface area contributed by atoms with Crippen LogP contribution in [0.3, 0.4) is 0 Å². The second-order valence-electron chi connectivity index (χ2n) is 5.02. The second-order valence-corrected chi connectivity index (χ2v) is 5.02. The van der Waals surface area contributed by atoms with Gasteiger partial charge in [0.05, 0.1) is 25.9 Å². The quantitative estimate of drug-likeness (QED) is 0.769. The highest BCUT2D eigenvalue weighted by atomic mass is 16.5. The topological polar surface area (TPSA) is 58.9 Å². The molecule has 0 saturated carbocycles. The first-order valence-electron chi connectivity index (χ1n) is 7.20. The Hall–Kier alpha value is -1.26. The van der Waals surface area contributed by atoms with Gasteiger partial charge in [0.1, 0.15) is 0 Å². The number of ether oxygens (including phenoxy) is 2. The molecule has 4 heteroatoms. The van der Waals surface area contributed by atoms with Crippen molar-refractivity contribution in [2.24, 2.45) is 0 Å².